The van der Waals surface area contributed by atoms with Gasteiger partial charge in [-0.25, -0.2) is 4.98 Å². The molecule has 4 nitrogen and oxygen atoms in total. The van der Waals surface area contributed by atoms with Gasteiger partial charge >= 0.3 is 0 Å². The second kappa shape index (κ2) is 4.30. The summed E-state index contributed by atoms with van der Waals surface area (Å²) in [5.41, 5.74) is 6.36. The van der Waals surface area contributed by atoms with Crippen LogP contribution in [0.5, 0.6) is 0 Å². The van der Waals surface area contributed by atoms with Gasteiger partial charge in [0.1, 0.15) is 5.82 Å². The molecule has 0 aromatic carbocycles. The number of nitrogens with two attached hydrogens (primary N) is 1. The Kier molecular flexibility index (Phi) is 3.17. The van der Waals surface area contributed by atoms with Crippen LogP contribution in [0.1, 0.15) is 32.5 Å². The summed E-state index contributed by atoms with van der Waals surface area (Å²) in [4.78, 5) is 6.79. The lowest BCUT2D eigenvalue weighted by atomic mass is 9.86. The number of hydrogen-bond donors (Lipinski definition) is 1. The third kappa shape index (κ3) is 2.71. The first kappa shape index (κ1) is 11.8. The maximum absolute atomic E-state index is 6.10. The molecule has 0 saturated carbocycles. The Hall–Kier alpha value is -0.680. The maximum atomic E-state index is 6.10. The lowest BCUT2D eigenvalue weighted by Crippen LogP contribution is -2.33. The lowest BCUT2D eigenvalue weighted by Gasteiger charge is -2.29. The molecule has 2 heterocycles. The molecule has 0 radical (unpaired) electrons. The third-order valence-corrected chi connectivity index (χ3v) is 3.86. The Labute approximate surface area is 101 Å². The van der Waals surface area contributed by atoms with Gasteiger partial charge in [-0.15, -0.1) is 0 Å². The van der Waals surface area contributed by atoms with E-state index < -0.39 is 0 Å². The van der Waals surface area contributed by atoms with Crippen molar-refractivity contribution in [2.75, 3.05) is 18.0 Å². The van der Waals surface area contributed by atoms with Crippen molar-refractivity contribution in [2.45, 2.75) is 39.7 Å². The molecular weight excluding hydrogens is 220 g/mol. The van der Waals surface area contributed by atoms with Gasteiger partial charge in [-0.05, 0) is 25.2 Å². The number of aryl methyl sites for hydroxylation is 1. The summed E-state index contributed by atoms with van der Waals surface area (Å²) in [7, 11) is 0. The van der Waals surface area contributed by atoms with Crippen LogP contribution >= 0.6 is 11.5 Å². The summed E-state index contributed by atoms with van der Waals surface area (Å²) in [6.07, 6.45) is 2.13. The molecule has 0 spiro atoms. The standard InChI is InChI=1S/C11H20N4S/c1-8-13-10(16-14-8)15-5-4-9(12)6-11(2,3)7-15/h9H,4-7,12H2,1-3H3. The van der Waals surface area contributed by atoms with Crippen molar-refractivity contribution >= 4 is 16.7 Å². The maximum Gasteiger partial charge on any atom is 0.205 e. The fourth-order valence-corrected chi connectivity index (χ4v) is 3.07. The minimum absolute atomic E-state index is 0.259. The van der Waals surface area contributed by atoms with E-state index in [2.05, 4.69) is 28.1 Å². The third-order valence-electron chi connectivity index (χ3n) is 2.99. The Morgan fingerprint density at radius 2 is 2.25 bits per heavy atom. The molecule has 1 fully saturated rings. The van der Waals surface area contributed by atoms with E-state index >= 15 is 0 Å². The van der Waals surface area contributed by atoms with Gasteiger partial charge in [-0.2, -0.15) is 4.37 Å². The Morgan fingerprint density at radius 3 is 2.88 bits per heavy atom. The van der Waals surface area contributed by atoms with E-state index in [-0.39, 0.29) is 5.41 Å². The molecule has 2 N–H and O–H groups in total. The smallest absolute Gasteiger partial charge is 0.205 e. The summed E-state index contributed by atoms with van der Waals surface area (Å²) in [5.74, 6) is 0.867. The zero-order valence-electron chi connectivity index (χ0n) is 10.2. The van der Waals surface area contributed by atoms with Crippen LogP contribution in [0, 0.1) is 12.3 Å². The van der Waals surface area contributed by atoms with Crippen LogP contribution in [-0.4, -0.2) is 28.5 Å². The number of nitrogens with zero attached hydrogens (tertiary/aromatic N) is 3. The molecule has 1 atom stereocenters. The Bertz CT molecular complexity index is 361. The summed E-state index contributed by atoms with van der Waals surface area (Å²) >= 11 is 1.49. The Morgan fingerprint density at radius 1 is 1.50 bits per heavy atom. The summed E-state index contributed by atoms with van der Waals surface area (Å²) in [5, 5.41) is 1.04. The van der Waals surface area contributed by atoms with E-state index in [1.807, 2.05) is 6.92 Å². The minimum Gasteiger partial charge on any atom is -0.346 e. The van der Waals surface area contributed by atoms with Crippen molar-refractivity contribution in [2.24, 2.45) is 11.1 Å². The average Bonchev–Trinajstić information content (AvgIpc) is 2.52. The van der Waals surface area contributed by atoms with Gasteiger partial charge in [-0.1, -0.05) is 13.8 Å². The second-order valence-corrected chi connectivity index (χ2v) is 6.19. The number of rotatable bonds is 1. The minimum atomic E-state index is 0.259. The van der Waals surface area contributed by atoms with E-state index in [0.717, 1.165) is 36.9 Å². The summed E-state index contributed by atoms with van der Waals surface area (Å²) in [6.45, 7) is 8.52. The van der Waals surface area contributed by atoms with Gasteiger partial charge in [0.05, 0.1) is 0 Å². The van der Waals surface area contributed by atoms with Crippen LogP contribution in [0.15, 0.2) is 0 Å². The molecule has 0 amide bonds. The molecule has 1 aromatic rings. The number of hydrogen-bond acceptors (Lipinski definition) is 5. The largest absolute Gasteiger partial charge is 0.346 e. The highest BCUT2D eigenvalue weighted by molar-refractivity contribution is 7.09. The first-order chi connectivity index (χ1) is 7.46. The summed E-state index contributed by atoms with van der Waals surface area (Å²) < 4.78 is 4.25. The predicted molar refractivity (Wildman–Crippen MR) is 67.8 cm³/mol. The van der Waals surface area contributed by atoms with Gasteiger partial charge in [0.2, 0.25) is 5.13 Å². The van der Waals surface area contributed by atoms with E-state index in [0.29, 0.717) is 6.04 Å². The monoisotopic (exact) mass is 240 g/mol. The highest BCUT2D eigenvalue weighted by atomic mass is 32.1. The Balaban J connectivity index is 2.16. The van der Waals surface area contributed by atoms with E-state index in [1.165, 1.54) is 11.5 Å². The molecule has 90 valence electrons. The van der Waals surface area contributed by atoms with Crippen molar-refractivity contribution < 1.29 is 0 Å². The SMILES string of the molecule is Cc1nsc(N2CCC(N)CC(C)(C)C2)n1. The van der Waals surface area contributed by atoms with Crippen LogP contribution < -0.4 is 10.6 Å². The van der Waals surface area contributed by atoms with Gasteiger partial charge in [0.25, 0.3) is 0 Å². The van der Waals surface area contributed by atoms with Gasteiger partial charge in [-0.3, -0.25) is 0 Å². The molecular formula is C11H20N4S. The number of aromatic nitrogens is 2. The molecule has 0 bridgehead atoms. The van der Waals surface area contributed by atoms with Gasteiger partial charge in [0.15, 0.2) is 0 Å². The molecule has 1 aliphatic rings. The van der Waals surface area contributed by atoms with Crippen molar-refractivity contribution in [3.63, 3.8) is 0 Å². The van der Waals surface area contributed by atoms with Crippen LogP contribution in [0.3, 0.4) is 0 Å². The van der Waals surface area contributed by atoms with Crippen molar-refractivity contribution in [3.8, 4) is 0 Å². The predicted octanol–water partition coefficient (Wildman–Crippen LogP) is 1.80. The van der Waals surface area contributed by atoms with Crippen LogP contribution in [0.25, 0.3) is 0 Å². The zero-order chi connectivity index (χ0) is 11.8. The van der Waals surface area contributed by atoms with E-state index in [4.69, 9.17) is 5.73 Å². The molecule has 0 aliphatic carbocycles. The molecule has 1 saturated heterocycles. The molecule has 5 heteroatoms. The summed E-state index contributed by atoms with van der Waals surface area (Å²) in [6, 6.07) is 0.314. The van der Waals surface area contributed by atoms with Crippen molar-refractivity contribution in [3.05, 3.63) is 5.82 Å². The van der Waals surface area contributed by atoms with Crippen molar-refractivity contribution in [1.82, 2.24) is 9.36 Å². The van der Waals surface area contributed by atoms with Gasteiger partial charge in [0, 0.05) is 30.7 Å². The topological polar surface area (TPSA) is 55.0 Å². The molecule has 1 unspecified atom stereocenters. The van der Waals surface area contributed by atoms with Crippen LogP contribution in [-0.2, 0) is 0 Å². The number of anilines is 1. The zero-order valence-corrected chi connectivity index (χ0v) is 11.0. The average molecular weight is 240 g/mol. The first-order valence-electron chi connectivity index (χ1n) is 5.77. The highest BCUT2D eigenvalue weighted by Crippen LogP contribution is 2.30. The van der Waals surface area contributed by atoms with Crippen molar-refractivity contribution in [1.29, 1.82) is 0 Å². The fraction of sp³-hybridized carbons (Fsp3) is 0.818. The second-order valence-electron chi connectivity index (χ2n) is 5.46. The van der Waals surface area contributed by atoms with Crippen LogP contribution in [0.2, 0.25) is 0 Å². The van der Waals surface area contributed by atoms with E-state index in [9.17, 15) is 0 Å². The first-order valence-corrected chi connectivity index (χ1v) is 6.54. The molecule has 1 aliphatic heterocycles. The quantitative estimate of drug-likeness (QED) is 0.813. The van der Waals surface area contributed by atoms with E-state index in [1.54, 1.807) is 0 Å². The lowest BCUT2D eigenvalue weighted by molar-refractivity contribution is 0.329. The molecule has 2 rings (SSSR count). The van der Waals surface area contributed by atoms with Crippen LogP contribution in [0.4, 0.5) is 5.13 Å². The fourth-order valence-electron chi connectivity index (χ4n) is 2.37. The normalized spacial score (nSPS) is 25.5. The molecule has 1 aromatic heterocycles. The molecule has 16 heavy (non-hydrogen) atoms. The van der Waals surface area contributed by atoms with Gasteiger partial charge < -0.3 is 10.6 Å². The highest BCUT2D eigenvalue weighted by Gasteiger charge is 2.29.